The zero-order valence-corrected chi connectivity index (χ0v) is 29.1. The van der Waals surface area contributed by atoms with Crippen LogP contribution in [0.25, 0.3) is 0 Å². The Balaban J connectivity index is 1.33. The Morgan fingerprint density at radius 1 is 0.917 bits per heavy atom. The van der Waals surface area contributed by atoms with Crippen LogP contribution in [0.15, 0.2) is 30.3 Å². The lowest BCUT2D eigenvalue weighted by atomic mass is 9.80. The predicted octanol–water partition coefficient (Wildman–Crippen LogP) is 2.71. The van der Waals surface area contributed by atoms with Crippen LogP contribution in [0, 0.1) is 28.6 Å². The third kappa shape index (κ3) is 7.08. The third-order valence-corrected chi connectivity index (χ3v) is 11.2. The molecule has 3 saturated carbocycles. The first-order valence-corrected chi connectivity index (χ1v) is 17.4. The van der Waals surface area contributed by atoms with E-state index in [4.69, 9.17) is 5.73 Å². The van der Waals surface area contributed by atoms with Gasteiger partial charge in [0.15, 0.2) is 0 Å². The van der Waals surface area contributed by atoms with E-state index in [0.29, 0.717) is 32.2 Å². The summed E-state index contributed by atoms with van der Waals surface area (Å²) < 4.78 is 0. The van der Waals surface area contributed by atoms with Crippen LogP contribution in [0.5, 0.6) is 0 Å². The molecule has 1 unspecified atom stereocenters. The quantitative estimate of drug-likeness (QED) is 0.227. The fourth-order valence-corrected chi connectivity index (χ4v) is 7.96. The van der Waals surface area contributed by atoms with Crippen molar-refractivity contribution in [3.05, 3.63) is 35.9 Å². The lowest BCUT2D eigenvalue weighted by molar-refractivity contribution is -0.145. The Morgan fingerprint density at radius 2 is 1.54 bits per heavy atom. The summed E-state index contributed by atoms with van der Waals surface area (Å²) in [5.41, 5.74) is 4.16. The number of nitrogens with one attached hydrogen (secondary N) is 4. The van der Waals surface area contributed by atoms with Gasteiger partial charge >= 0.3 is 6.03 Å². The maximum absolute atomic E-state index is 14.4. The van der Waals surface area contributed by atoms with Crippen LogP contribution < -0.4 is 27.0 Å². The number of Topliss-reactive ketones (excluding diaryl/α,β-unsaturated/α-hetero) is 1. The Kier molecular flexibility index (Phi) is 9.69. The van der Waals surface area contributed by atoms with E-state index in [9.17, 15) is 28.8 Å². The monoisotopic (exact) mass is 664 g/mol. The topological polar surface area (TPSA) is 180 Å². The van der Waals surface area contributed by atoms with Crippen LogP contribution in [0.1, 0.15) is 98.1 Å². The van der Waals surface area contributed by atoms with E-state index in [1.54, 1.807) is 0 Å². The number of fused-ring (bicyclic) bond motifs is 1. The minimum Gasteiger partial charge on any atom is -0.363 e. The summed E-state index contributed by atoms with van der Waals surface area (Å²) in [6.07, 6.45) is 4.85. The molecule has 1 aromatic carbocycles. The van der Waals surface area contributed by atoms with Crippen LogP contribution >= 0.6 is 0 Å². The van der Waals surface area contributed by atoms with Gasteiger partial charge in [0.2, 0.25) is 23.5 Å². The summed E-state index contributed by atoms with van der Waals surface area (Å²) in [5.74, 6) is -3.33. The Hall–Kier alpha value is -3.96. The fraction of sp³-hybridized carbons (Fsp3) is 0.667. The van der Waals surface area contributed by atoms with Crippen molar-refractivity contribution in [3.8, 4) is 0 Å². The lowest BCUT2D eigenvalue weighted by Crippen LogP contribution is -2.65. The number of nitrogens with two attached hydrogens (primary N) is 1. The zero-order chi connectivity index (χ0) is 35.2. The molecule has 48 heavy (non-hydrogen) atoms. The number of likely N-dealkylation sites (tertiary alicyclic amines) is 1. The first-order chi connectivity index (χ1) is 22.5. The average molecular weight is 665 g/mol. The Labute approximate surface area is 283 Å². The smallest absolute Gasteiger partial charge is 0.316 e. The SMILES string of the molecule is C[C@H](NC(=O)C1(NC(=O)N[C@H](C(=O)N2C[C@H]3[C@@H]([C@H]2C(=O)NC(C(=O)C(N)=O)C2CC2)C3(C)C)C(C)(C)C)CCCCC1)c1ccccc1. The van der Waals surface area contributed by atoms with Crippen LogP contribution in [0.4, 0.5) is 4.79 Å². The molecule has 0 spiro atoms. The normalized spacial score (nSPS) is 25.8. The molecule has 12 nitrogen and oxygen atoms in total. The number of urea groups is 1. The number of amides is 6. The summed E-state index contributed by atoms with van der Waals surface area (Å²) in [4.78, 5) is 81.7. The van der Waals surface area contributed by atoms with Gasteiger partial charge < -0.3 is 31.9 Å². The molecule has 1 saturated heterocycles. The van der Waals surface area contributed by atoms with Crippen molar-refractivity contribution in [1.29, 1.82) is 0 Å². The van der Waals surface area contributed by atoms with Crippen LogP contribution in [-0.4, -0.2) is 70.6 Å². The number of rotatable bonds is 11. The van der Waals surface area contributed by atoms with Crippen LogP contribution in [0.2, 0.25) is 0 Å². The summed E-state index contributed by atoms with van der Waals surface area (Å²) in [6, 6.07) is 5.82. The number of hydrogen-bond donors (Lipinski definition) is 5. The summed E-state index contributed by atoms with van der Waals surface area (Å²) >= 11 is 0. The second-order valence-electron chi connectivity index (χ2n) is 16.1. The summed E-state index contributed by atoms with van der Waals surface area (Å²) in [7, 11) is 0. The molecule has 262 valence electrons. The van der Waals surface area contributed by atoms with E-state index in [1.807, 2.05) is 58.0 Å². The first kappa shape index (κ1) is 35.3. The maximum Gasteiger partial charge on any atom is 0.316 e. The van der Waals surface area contributed by atoms with Gasteiger partial charge in [0.05, 0.1) is 6.04 Å². The molecule has 4 aliphatic rings. The molecule has 0 aromatic heterocycles. The van der Waals surface area contributed by atoms with E-state index in [-0.39, 0.29) is 35.1 Å². The second kappa shape index (κ2) is 13.2. The van der Waals surface area contributed by atoms with Gasteiger partial charge in [-0.2, -0.15) is 0 Å². The van der Waals surface area contributed by atoms with Crippen molar-refractivity contribution in [3.63, 3.8) is 0 Å². The van der Waals surface area contributed by atoms with Crippen molar-refractivity contribution in [2.75, 3.05) is 6.54 Å². The molecular weight excluding hydrogens is 612 g/mol. The molecule has 12 heteroatoms. The van der Waals surface area contributed by atoms with Crippen molar-refractivity contribution in [2.45, 2.75) is 116 Å². The number of primary amides is 1. The van der Waals surface area contributed by atoms with Crippen molar-refractivity contribution in [2.24, 2.45) is 34.3 Å². The van der Waals surface area contributed by atoms with Gasteiger partial charge in [0, 0.05) is 6.54 Å². The van der Waals surface area contributed by atoms with Crippen molar-refractivity contribution >= 4 is 35.4 Å². The number of carbonyl (C=O) groups is 6. The molecule has 0 bridgehead atoms. The van der Waals surface area contributed by atoms with Gasteiger partial charge in [0.1, 0.15) is 23.7 Å². The van der Waals surface area contributed by atoms with E-state index >= 15 is 0 Å². The van der Waals surface area contributed by atoms with Crippen molar-refractivity contribution < 1.29 is 28.8 Å². The highest BCUT2D eigenvalue weighted by molar-refractivity contribution is 6.38. The zero-order valence-electron chi connectivity index (χ0n) is 29.1. The first-order valence-electron chi connectivity index (χ1n) is 17.4. The minimum absolute atomic E-state index is 0.0682. The van der Waals surface area contributed by atoms with Gasteiger partial charge in [-0.25, -0.2) is 4.79 Å². The molecule has 1 heterocycles. The summed E-state index contributed by atoms with van der Waals surface area (Å²) in [6.45, 7) is 11.9. The molecule has 6 N–H and O–H groups in total. The Bertz CT molecular complexity index is 1440. The van der Waals surface area contributed by atoms with E-state index in [1.165, 1.54) is 4.90 Å². The van der Waals surface area contributed by atoms with Gasteiger partial charge in [-0.1, -0.05) is 84.2 Å². The van der Waals surface area contributed by atoms with Gasteiger partial charge in [-0.15, -0.1) is 0 Å². The highest BCUT2D eigenvalue weighted by Gasteiger charge is 2.70. The standard InChI is InChI=1S/C36H52N6O6/c1-20(21-13-9-7-10-14-21)38-32(47)36(17-11-8-12-18-36)41-33(48)40-28(34(2,3)4)31(46)42-19-23-24(35(23,5)6)26(42)30(45)39-25(22-15-16-22)27(43)29(37)44/h7,9-10,13-14,20,22-26,28H,8,11-12,15-19H2,1-6H3,(H2,37,44)(H,38,47)(H,39,45)(H2,40,41,48)/t20-,23-,24-,25?,26-,28+/m0/s1. The summed E-state index contributed by atoms with van der Waals surface area (Å²) in [5, 5.41) is 11.7. The maximum atomic E-state index is 14.4. The van der Waals surface area contributed by atoms with E-state index in [0.717, 1.165) is 24.8 Å². The fourth-order valence-electron chi connectivity index (χ4n) is 7.96. The molecule has 1 aromatic rings. The Morgan fingerprint density at radius 3 is 2.10 bits per heavy atom. The predicted molar refractivity (Wildman–Crippen MR) is 179 cm³/mol. The highest BCUT2D eigenvalue weighted by Crippen LogP contribution is 2.65. The average Bonchev–Trinajstić information content (AvgIpc) is 3.91. The molecule has 5 rings (SSSR count). The molecule has 4 fully saturated rings. The number of benzene rings is 1. The van der Waals surface area contributed by atoms with Gasteiger partial charge in [-0.05, 0) is 66.8 Å². The van der Waals surface area contributed by atoms with Crippen LogP contribution in [-0.2, 0) is 24.0 Å². The van der Waals surface area contributed by atoms with Gasteiger partial charge in [0.25, 0.3) is 5.91 Å². The van der Waals surface area contributed by atoms with E-state index < -0.39 is 58.6 Å². The third-order valence-electron chi connectivity index (χ3n) is 11.2. The number of nitrogens with zero attached hydrogens (tertiary/aromatic N) is 1. The lowest BCUT2D eigenvalue weighted by Gasteiger charge is -2.40. The van der Waals surface area contributed by atoms with Gasteiger partial charge in [-0.3, -0.25) is 24.0 Å². The molecule has 1 aliphatic heterocycles. The minimum atomic E-state index is -1.14. The van der Waals surface area contributed by atoms with E-state index in [2.05, 4.69) is 35.1 Å². The molecule has 3 aliphatic carbocycles. The number of hydrogen-bond acceptors (Lipinski definition) is 6. The second-order valence-corrected chi connectivity index (χ2v) is 16.1. The molecule has 6 atom stereocenters. The van der Waals surface area contributed by atoms with Crippen LogP contribution in [0.3, 0.4) is 0 Å². The number of carbonyl (C=O) groups excluding carboxylic acids is 6. The number of ketones is 1. The largest absolute Gasteiger partial charge is 0.363 e. The number of piperidine rings is 1. The van der Waals surface area contributed by atoms with Crippen molar-refractivity contribution in [1.82, 2.24) is 26.2 Å². The molecular formula is C36H52N6O6. The molecule has 0 radical (unpaired) electrons. The molecule has 6 amide bonds. The highest BCUT2D eigenvalue weighted by atomic mass is 16.2.